The molecule has 15 rings (SSSR count). The number of rotatable bonds is 7. The number of piperidine rings is 2. The lowest BCUT2D eigenvalue weighted by atomic mass is 9.92. The summed E-state index contributed by atoms with van der Waals surface area (Å²) in [6.45, 7) is 19.9. The van der Waals surface area contributed by atoms with Gasteiger partial charge in [-0.3, -0.25) is 18.7 Å². The molecule has 5 aliphatic rings. The summed E-state index contributed by atoms with van der Waals surface area (Å²) in [4.78, 5) is 56.0. The van der Waals surface area contributed by atoms with Crippen molar-refractivity contribution >= 4 is 55.5 Å². The van der Waals surface area contributed by atoms with Crippen molar-refractivity contribution in [3.63, 3.8) is 0 Å². The summed E-state index contributed by atoms with van der Waals surface area (Å²) < 4.78 is 56.9. The van der Waals surface area contributed by atoms with Crippen molar-refractivity contribution < 1.29 is 23.0 Å². The molecule has 0 spiro atoms. The summed E-state index contributed by atoms with van der Waals surface area (Å²) in [7, 11) is 0. The van der Waals surface area contributed by atoms with Crippen LogP contribution < -0.4 is 30.4 Å². The summed E-state index contributed by atoms with van der Waals surface area (Å²) in [6.07, 6.45) is 10.5. The number of pyridine rings is 4. The third-order valence-corrected chi connectivity index (χ3v) is 18.7. The molecule has 5 atom stereocenters. The number of halogens is 2. The Morgan fingerprint density at radius 3 is 1.66 bits per heavy atom. The second-order valence-corrected chi connectivity index (χ2v) is 25.2. The molecule has 86 heavy (non-hydrogen) atoms. The molecule has 3 fully saturated rings. The number of aromatic amines is 1. The Labute approximate surface area is 497 Å². The van der Waals surface area contributed by atoms with E-state index in [1.54, 1.807) is 33.9 Å². The van der Waals surface area contributed by atoms with Crippen molar-refractivity contribution in [3.05, 3.63) is 152 Å². The van der Waals surface area contributed by atoms with Crippen molar-refractivity contribution in [2.24, 2.45) is 11.8 Å². The average Bonchev–Trinajstić information content (AvgIpc) is 0.891. The van der Waals surface area contributed by atoms with Crippen LogP contribution in [-0.2, 0) is 4.74 Å². The summed E-state index contributed by atoms with van der Waals surface area (Å²) >= 11 is 0. The molecule has 11 heterocycles. The fourth-order valence-electron chi connectivity index (χ4n) is 14.2. The molecule has 3 saturated heterocycles. The molecular weight excluding hydrogens is 1090 g/mol. The summed E-state index contributed by atoms with van der Waals surface area (Å²) in [6, 6.07) is 27.0. The fourth-order valence-corrected chi connectivity index (χ4v) is 14.2. The van der Waals surface area contributed by atoms with E-state index in [0.29, 0.717) is 87.3 Å². The molecule has 4 aromatic carbocycles. The third-order valence-electron chi connectivity index (χ3n) is 18.7. The highest BCUT2D eigenvalue weighted by Crippen LogP contribution is 2.47. The summed E-state index contributed by atoms with van der Waals surface area (Å²) in [5.74, 6) is 0.837. The van der Waals surface area contributed by atoms with Gasteiger partial charge in [-0.25, -0.2) is 28.7 Å². The van der Waals surface area contributed by atoms with Crippen LogP contribution in [0.3, 0.4) is 0 Å². The zero-order chi connectivity index (χ0) is 59.4. The number of hydrogen-bond acceptors (Lipinski definition) is 11. The second kappa shape index (κ2) is 21.8. The minimum Gasteiger partial charge on any atom is -0.484 e. The second-order valence-electron chi connectivity index (χ2n) is 25.2. The fraction of sp³-hybridized carbons (Fsp3) is 0.391. The first-order valence-corrected chi connectivity index (χ1v) is 30.7. The van der Waals surface area contributed by atoms with E-state index < -0.39 is 11.6 Å². The maximum absolute atomic E-state index is 16.7. The van der Waals surface area contributed by atoms with E-state index in [-0.39, 0.29) is 64.2 Å². The lowest BCUT2D eigenvalue weighted by Gasteiger charge is -2.44. The van der Waals surface area contributed by atoms with E-state index in [0.717, 1.165) is 103 Å². The Hall–Kier alpha value is -8.44. The number of nitrogens with one attached hydrogen (secondary N) is 1. The first-order valence-electron chi connectivity index (χ1n) is 30.7. The van der Waals surface area contributed by atoms with Crippen LogP contribution in [-0.4, -0.2) is 83.6 Å². The van der Waals surface area contributed by atoms with Gasteiger partial charge in [-0.1, -0.05) is 90.1 Å². The van der Waals surface area contributed by atoms with Crippen molar-refractivity contribution in [1.82, 2.24) is 38.6 Å². The smallest absolute Gasteiger partial charge is 0.301 e. The van der Waals surface area contributed by atoms with Gasteiger partial charge in [-0.05, 0) is 141 Å². The molecule has 442 valence electrons. The molecule has 5 aliphatic heterocycles. The van der Waals surface area contributed by atoms with E-state index in [9.17, 15) is 9.59 Å². The molecule has 1 unspecified atom stereocenters. The number of aromatic nitrogens is 8. The normalized spacial score (nSPS) is 20.2. The average molecular weight is 1160 g/mol. The quantitative estimate of drug-likeness (QED) is 0.162. The third kappa shape index (κ3) is 9.12. The van der Waals surface area contributed by atoms with Crippen LogP contribution in [0.1, 0.15) is 127 Å². The molecule has 15 nitrogen and oxygen atoms in total. The van der Waals surface area contributed by atoms with Gasteiger partial charge >= 0.3 is 11.1 Å². The summed E-state index contributed by atoms with van der Waals surface area (Å²) in [5.41, 5.74) is 11.4. The van der Waals surface area contributed by atoms with Gasteiger partial charge in [0.2, 0.25) is 11.5 Å². The van der Waals surface area contributed by atoms with Gasteiger partial charge < -0.3 is 33.6 Å². The number of H-pyrrole nitrogens is 1. The van der Waals surface area contributed by atoms with Gasteiger partial charge in [0.15, 0.2) is 11.3 Å². The Bertz CT molecular complexity index is 4460. The number of aryl methyl sites for hydroxylation is 2. The van der Waals surface area contributed by atoms with Crippen LogP contribution in [0.2, 0.25) is 0 Å². The Morgan fingerprint density at radius 1 is 0.616 bits per heavy atom. The summed E-state index contributed by atoms with van der Waals surface area (Å²) in [5, 5.41) is 1.17. The molecule has 0 radical (unpaired) electrons. The minimum atomic E-state index is -0.456. The maximum atomic E-state index is 16.7. The van der Waals surface area contributed by atoms with E-state index in [1.807, 2.05) is 86.6 Å². The standard InChI is InChI=1S/C37H40FN5O3.C32H32FN5O2/c1-21(2)25-9-5-6-10-28(25)43-36-26(34-35(37(43)44)46-19-24-14-12-22(3)18-41(24)34)17-27(38)32(40-36)31-23(4)13-15-29-33(31)39-20-42(29)30-11-7-8-16-45-30;1-17(2)21-7-5-6-8-25(21)38-31-22(29-30(32(38)39)40-15-20-11-9-18(3)14-37(20)29)13-23(33)27(36-31)26-19(4)10-12-24-28(26)35-16-34-24/h5-6,9-10,13,15,17,20-22,24,30H,7-8,11-12,14,16,18-19H2,1-4H3;5-8,10,12-13,16-18,20H,9,11,14-15H2,1-4H3,(H,34,35)/t22-,24+,30?;18-,20+/m00/s1. The van der Waals surface area contributed by atoms with Crippen LogP contribution in [0.25, 0.3) is 78.0 Å². The molecule has 0 amide bonds. The number of para-hydroxylation sites is 2. The van der Waals surface area contributed by atoms with Crippen molar-refractivity contribution in [2.45, 2.75) is 130 Å². The van der Waals surface area contributed by atoms with Gasteiger partial charge in [0.25, 0.3) is 0 Å². The van der Waals surface area contributed by atoms with Crippen LogP contribution in [0.4, 0.5) is 20.2 Å². The number of fused-ring (bicyclic) bond motifs is 12. The predicted molar refractivity (Wildman–Crippen MR) is 335 cm³/mol. The highest BCUT2D eigenvalue weighted by Gasteiger charge is 2.40. The zero-order valence-corrected chi connectivity index (χ0v) is 50.1. The lowest BCUT2D eigenvalue weighted by Crippen LogP contribution is -2.50. The molecule has 6 aromatic heterocycles. The Morgan fingerprint density at radius 2 is 1.14 bits per heavy atom. The Balaban J connectivity index is 0.000000153. The molecule has 10 aromatic rings. The van der Waals surface area contributed by atoms with Gasteiger partial charge in [0.05, 0.1) is 69.6 Å². The first-order chi connectivity index (χ1) is 41.6. The molecule has 0 aliphatic carbocycles. The predicted octanol–water partition coefficient (Wildman–Crippen LogP) is 14.2. The molecule has 0 bridgehead atoms. The maximum Gasteiger partial charge on any atom is 0.301 e. The van der Waals surface area contributed by atoms with Crippen LogP contribution in [0.5, 0.6) is 11.5 Å². The zero-order valence-electron chi connectivity index (χ0n) is 50.1. The van der Waals surface area contributed by atoms with Gasteiger partial charge in [-0.15, -0.1) is 0 Å². The number of benzene rings is 4. The molecular formula is C69H72F2N10O5. The number of nitrogens with zero attached hydrogens (tertiary/aromatic N) is 9. The minimum absolute atomic E-state index is 0.104. The van der Waals surface area contributed by atoms with Gasteiger partial charge in [0, 0.05) is 41.6 Å². The van der Waals surface area contributed by atoms with Crippen molar-refractivity contribution in [1.29, 1.82) is 0 Å². The molecule has 1 N–H and O–H groups in total. The van der Waals surface area contributed by atoms with Crippen LogP contribution in [0.15, 0.2) is 107 Å². The highest BCUT2D eigenvalue weighted by molar-refractivity contribution is 6.01. The monoisotopic (exact) mass is 1160 g/mol. The molecule has 17 heteroatoms. The molecule has 0 saturated carbocycles. The number of ether oxygens (including phenoxy) is 3. The number of imidazole rings is 2. The Kier molecular flexibility index (Phi) is 14.1. The van der Waals surface area contributed by atoms with Crippen LogP contribution in [0, 0.1) is 37.3 Å². The largest absolute Gasteiger partial charge is 0.484 e. The van der Waals surface area contributed by atoms with Crippen molar-refractivity contribution in [3.8, 4) is 45.4 Å². The number of hydrogen-bond donors (Lipinski definition) is 1. The topological polar surface area (TPSA) is 150 Å². The van der Waals surface area contributed by atoms with E-state index in [2.05, 4.69) is 65.9 Å². The van der Waals surface area contributed by atoms with E-state index in [4.69, 9.17) is 29.2 Å². The van der Waals surface area contributed by atoms with Crippen molar-refractivity contribution in [2.75, 3.05) is 42.7 Å². The van der Waals surface area contributed by atoms with Gasteiger partial charge in [-0.2, -0.15) is 0 Å². The van der Waals surface area contributed by atoms with Gasteiger partial charge in [0.1, 0.15) is 42.5 Å². The van der Waals surface area contributed by atoms with Crippen LogP contribution >= 0.6 is 0 Å². The number of anilines is 2. The lowest BCUT2D eigenvalue weighted by molar-refractivity contribution is -0.0295. The SMILES string of the molecule is Cc1ccc2[nH]cnc2c1-c1nc2c(cc1F)c1c(c(=O)n2-c2ccccc2C(C)C)OC[C@H]2CC[C@H](C)CN12.Cc1ccc2c(ncn2C2CCCCO2)c1-c1nc2c(cc1F)c1c(c(=O)n2-c2ccccc2C(C)C)OC[C@H]2CC[C@H](C)CN12. The van der Waals surface area contributed by atoms with E-state index in [1.165, 1.54) is 0 Å². The van der Waals surface area contributed by atoms with E-state index >= 15 is 8.78 Å². The highest BCUT2D eigenvalue weighted by atomic mass is 19.1. The first kappa shape index (κ1) is 55.4.